The Morgan fingerprint density at radius 2 is 1.84 bits per heavy atom. The number of hydrogen-bond acceptors (Lipinski definition) is 4. The van der Waals surface area contributed by atoms with E-state index in [1.165, 1.54) is 5.56 Å². The average Bonchev–Trinajstić information content (AvgIpc) is 2.83. The van der Waals surface area contributed by atoms with Gasteiger partial charge in [-0.2, -0.15) is 0 Å². The Bertz CT molecular complexity index is 479. The van der Waals surface area contributed by atoms with Gasteiger partial charge in [0.15, 0.2) is 0 Å². The molecule has 19 heavy (non-hydrogen) atoms. The number of hydrogen-bond donors (Lipinski definition) is 1. The molecule has 0 amide bonds. The van der Waals surface area contributed by atoms with Gasteiger partial charge in [0.05, 0.1) is 13.0 Å². The van der Waals surface area contributed by atoms with Crippen molar-refractivity contribution in [3.05, 3.63) is 47.7 Å². The monoisotopic (exact) mass is 259 g/mol. The second-order valence-corrected chi connectivity index (χ2v) is 5.11. The molecule has 0 bridgehead atoms. The summed E-state index contributed by atoms with van der Waals surface area (Å²) in [5.41, 5.74) is 1.19. The Kier molecular flexibility index (Phi) is 5.10. The summed E-state index contributed by atoms with van der Waals surface area (Å²) in [6.07, 6.45) is 1.85. The predicted octanol–water partition coefficient (Wildman–Crippen LogP) is 2.80. The van der Waals surface area contributed by atoms with Gasteiger partial charge in [-0.3, -0.25) is 0 Å². The lowest BCUT2D eigenvalue weighted by Gasteiger charge is -2.04. The molecule has 2 aromatic rings. The van der Waals surface area contributed by atoms with Crippen molar-refractivity contribution < 1.29 is 4.42 Å². The zero-order valence-corrected chi connectivity index (χ0v) is 11.6. The van der Waals surface area contributed by atoms with Crippen LogP contribution in [0.2, 0.25) is 0 Å². The van der Waals surface area contributed by atoms with Gasteiger partial charge in [0.25, 0.3) is 0 Å². The summed E-state index contributed by atoms with van der Waals surface area (Å²) in [5, 5.41) is 11.4. The third-order valence-corrected chi connectivity index (χ3v) is 2.88. The molecule has 2 rings (SSSR count). The highest BCUT2D eigenvalue weighted by Crippen LogP contribution is 2.08. The maximum Gasteiger partial charge on any atom is 0.230 e. The number of aromatic nitrogens is 2. The van der Waals surface area contributed by atoms with Crippen LogP contribution < -0.4 is 5.32 Å². The van der Waals surface area contributed by atoms with Crippen LogP contribution in [0.15, 0.2) is 34.7 Å². The van der Waals surface area contributed by atoms with E-state index in [0.717, 1.165) is 13.0 Å². The maximum atomic E-state index is 5.61. The lowest BCUT2D eigenvalue weighted by atomic mass is 10.1. The molecule has 0 fully saturated rings. The Morgan fingerprint density at radius 1 is 1.11 bits per heavy atom. The zero-order valence-electron chi connectivity index (χ0n) is 11.6. The molecule has 102 valence electrons. The number of nitrogens with zero attached hydrogens (tertiary/aromatic N) is 2. The van der Waals surface area contributed by atoms with Crippen LogP contribution >= 0.6 is 0 Å². The minimum absolute atomic E-state index is 0.647. The molecule has 1 N–H and O–H groups in total. The van der Waals surface area contributed by atoms with Crippen LogP contribution in [-0.4, -0.2) is 16.7 Å². The number of nitrogens with one attached hydrogen (secondary N) is 1. The molecule has 0 aliphatic heterocycles. The van der Waals surface area contributed by atoms with Crippen molar-refractivity contribution in [2.75, 3.05) is 6.54 Å². The van der Waals surface area contributed by atoms with Gasteiger partial charge in [-0.25, -0.2) is 0 Å². The average molecular weight is 259 g/mol. The first kappa shape index (κ1) is 13.7. The van der Waals surface area contributed by atoms with E-state index >= 15 is 0 Å². The summed E-state index contributed by atoms with van der Waals surface area (Å²) >= 11 is 0. The molecule has 0 unspecified atom stereocenters. The van der Waals surface area contributed by atoms with Gasteiger partial charge in [-0.15, -0.1) is 10.2 Å². The third kappa shape index (κ3) is 4.83. The summed E-state index contributed by atoms with van der Waals surface area (Å²) in [6, 6.07) is 10.1. The van der Waals surface area contributed by atoms with Crippen LogP contribution in [-0.2, 0) is 13.0 Å². The van der Waals surface area contributed by atoms with E-state index in [0.29, 0.717) is 30.7 Å². The molecule has 1 aromatic carbocycles. The van der Waals surface area contributed by atoms with E-state index in [1.54, 1.807) is 0 Å². The third-order valence-electron chi connectivity index (χ3n) is 2.88. The first-order chi connectivity index (χ1) is 9.24. The molecule has 0 spiro atoms. The Labute approximate surface area is 114 Å². The van der Waals surface area contributed by atoms with Crippen molar-refractivity contribution in [1.82, 2.24) is 15.5 Å². The molecule has 0 aliphatic rings. The molecule has 0 saturated heterocycles. The predicted molar refractivity (Wildman–Crippen MR) is 74.7 cm³/mol. The van der Waals surface area contributed by atoms with Gasteiger partial charge >= 0.3 is 0 Å². The second kappa shape index (κ2) is 7.04. The molecule has 4 nitrogen and oxygen atoms in total. The van der Waals surface area contributed by atoms with Gasteiger partial charge in [0, 0.05) is 0 Å². The molecular weight excluding hydrogens is 238 g/mol. The van der Waals surface area contributed by atoms with E-state index in [1.807, 2.05) is 18.2 Å². The van der Waals surface area contributed by atoms with Crippen LogP contribution in [0.5, 0.6) is 0 Å². The van der Waals surface area contributed by atoms with Gasteiger partial charge in [-0.1, -0.05) is 44.2 Å². The number of rotatable bonds is 7. The minimum atomic E-state index is 0.647. The molecule has 1 heterocycles. The molecule has 0 saturated carbocycles. The molecule has 4 heteroatoms. The van der Waals surface area contributed by atoms with Crippen LogP contribution in [0.3, 0.4) is 0 Å². The molecular formula is C15H21N3O. The number of benzene rings is 1. The van der Waals surface area contributed by atoms with Crippen LogP contribution in [0.1, 0.15) is 37.6 Å². The first-order valence-electron chi connectivity index (χ1n) is 6.80. The standard InChI is InChI=1S/C15H21N3O/c1-12(2)8-9-16-11-15-18-17-14(19-15)10-13-6-4-3-5-7-13/h3-7,12,16H,8-11H2,1-2H3. The van der Waals surface area contributed by atoms with Crippen molar-refractivity contribution in [2.45, 2.75) is 33.2 Å². The van der Waals surface area contributed by atoms with Gasteiger partial charge in [0.2, 0.25) is 11.8 Å². The van der Waals surface area contributed by atoms with E-state index in [2.05, 4.69) is 41.5 Å². The first-order valence-corrected chi connectivity index (χ1v) is 6.80. The van der Waals surface area contributed by atoms with Crippen molar-refractivity contribution in [3.8, 4) is 0 Å². The normalized spacial score (nSPS) is 11.1. The lowest BCUT2D eigenvalue weighted by Crippen LogP contribution is -2.16. The van der Waals surface area contributed by atoms with Crippen molar-refractivity contribution in [3.63, 3.8) is 0 Å². The Balaban J connectivity index is 1.79. The Morgan fingerprint density at radius 3 is 2.58 bits per heavy atom. The topological polar surface area (TPSA) is 51.0 Å². The smallest absolute Gasteiger partial charge is 0.230 e. The van der Waals surface area contributed by atoms with Crippen molar-refractivity contribution in [1.29, 1.82) is 0 Å². The van der Waals surface area contributed by atoms with Crippen molar-refractivity contribution in [2.24, 2.45) is 5.92 Å². The van der Waals surface area contributed by atoms with Crippen LogP contribution in [0.4, 0.5) is 0 Å². The highest BCUT2D eigenvalue weighted by atomic mass is 16.4. The highest BCUT2D eigenvalue weighted by molar-refractivity contribution is 5.17. The fourth-order valence-electron chi connectivity index (χ4n) is 1.79. The molecule has 1 aromatic heterocycles. The molecule has 0 atom stereocenters. The second-order valence-electron chi connectivity index (χ2n) is 5.11. The summed E-state index contributed by atoms with van der Waals surface area (Å²) in [5.74, 6) is 2.05. The summed E-state index contributed by atoms with van der Waals surface area (Å²) in [7, 11) is 0. The fourth-order valence-corrected chi connectivity index (χ4v) is 1.79. The van der Waals surface area contributed by atoms with E-state index in [9.17, 15) is 0 Å². The minimum Gasteiger partial charge on any atom is -0.424 e. The molecule has 0 aliphatic carbocycles. The highest BCUT2D eigenvalue weighted by Gasteiger charge is 2.06. The Hall–Kier alpha value is -1.68. The summed E-state index contributed by atoms with van der Waals surface area (Å²) in [6.45, 7) is 6.06. The lowest BCUT2D eigenvalue weighted by molar-refractivity contribution is 0.431. The van der Waals surface area contributed by atoms with Crippen LogP contribution in [0, 0.1) is 5.92 Å². The van der Waals surface area contributed by atoms with Gasteiger partial charge in [0.1, 0.15) is 0 Å². The van der Waals surface area contributed by atoms with E-state index in [-0.39, 0.29) is 0 Å². The zero-order chi connectivity index (χ0) is 13.5. The summed E-state index contributed by atoms with van der Waals surface area (Å²) in [4.78, 5) is 0. The van der Waals surface area contributed by atoms with Crippen LogP contribution in [0.25, 0.3) is 0 Å². The van der Waals surface area contributed by atoms with Gasteiger partial charge in [-0.05, 0) is 24.4 Å². The maximum absolute atomic E-state index is 5.61. The molecule has 0 radical (unpaired) electrons. The fraction of sp³-hybridized carbons (Fsp3) is 0.467. The quantitative estimate of drug-likeness (QED) is 0.777. The van der Waals surface area contributed by atoms with Gasteiger partial charge < -0.3 is 9.73 Å². The largest absolute Gasteiger partial charge is 0.424 e. The van der Waals surface area contributed by atoms with E-state index < -0.39 is 0 Å². The summed E-state index contributed by atoms with van der Waals surface area (Å²) < 4.78 is 5.61. The van der Waals surface area contributed by atoms with Crippen molar-refractivity contribution >= 4 is 0 Å². The van der Waals surface area contributed by atoms with E-state index in [4.69, 9.17) is 4.42 Å². The SMILES string of the molecule is CC(C)CCNCc1nnc(Cc2ccccc2)o1.